The van der Waals surface area contributed by atoms with E-state index >= 15 is 0 Å². The van der Waals surface area contributed by atoms with Crippen LogP contribution in [-0.2, 0) is 14.3 Å². The smallest absolute Gasteiger partial charge is 0.410 e. The molecule has 1 saturated heterocycles. The Morgan fingerprint density at radius 2 is 1.95 bits per heavy atom. The minimum atomic E-state index is -0.833. The second-order valence-corrected chi connectivity index (χ2v) is 6.27. The van der Waals surface area contributed by atoms with Gasteiger partial charge in [0, 0.05) is 26.1 Å². The van der Waals surface area contributed by atoms with Gasteiger partial charge in [-0.15, -0.1) is 0 Å². The number of methoxy groups -OCH3 is 1. The minimum absolute atomic E-state index is 0.0104. The quantitative estimate of drug-likeness (QED) is 0.739. The Balaban J connectivity index is 2.69. The van der Waals surface area contributed by atoms with Gasteiger partial charge in [0.05, 0.1) is 0 Å². The van der Waals surface area contributed by atoms with E-state index < -0.39 is 11.2 Å². The predicted octanol–water partition coefficient (Wildman–Crippen LogP) is 2.24. The number of carbonyl (C=O) groups excluding carboxylic acids is 2. The zero-order chi connectivity index (χ0) is 14.7. The van der Waals surface area contributed by atoms with Gasteiger partial charge < -0.3 is 19.2 Å². The van der Waals surface area contributed by atoms with E-state index in [1.165, 1.54) is 7.11 Å². The second kappa shape index (κ2) is 5.90. The molecular formula is C14H25NO4. The Kier molecular flexibility index (Phi) is 4.96. The topological polar surface area (TPSA) is 55.8 Å². The lowest BCUT2D eigenvalue weighted by molar-refractivity contribution is -0.135. The van der Waals surface area contributed by atoms with E-state index in [2.05, 4.69) is 0 Å². The van der Waals surface area contributed by atoms with E-state index in [-0.39, 0.29) is 12.0 Å². The van der Waals surface area contributed by atoms with Crippen LogP contribution in [0.4, 0.5) is 4.79 Å². The average Bonchev–Trinajstić information content (AvgIpc) is 2.36. The van der Waals surface area contributed by atoms with Gasteiger partial charge in [0.2, 0.25) is 0 Å². The van der Waals surface area contributed by atoms with E-state index in [9.17, 15) is 9.59 Å². The summed E-state index contributed by atoms with van der Waals surface area (Å²) in [5, 5.41) is 0. The lowest BCUT2D eigenvalue weighted by Crippen LogP contribution is -2.50. The number of hydrogen-bond donors (Lipinski definition) is 0. The van der Waals surface area contributed by atoms with Crippen molar-refractivity contribution in [1.82, 2.24) is 4.90 Å². The molecule has 1 rings (SSSR count). The minimum Gasteiger partial charge on any atom is -0.444 e. The third-order valence-corrected chi connectivity index (χ3v) is 3.56. The highest BCUT2D eigenvalue weighted by Gasteiger charge is 2.39. The van der Waals surface area contributed by atoms with Gasteiger partial charge in [-0.25, -0.2) is 4.79 Å². The Hall–Kier alpha value is -1.10. The first-order valence-corrected chi connectivity index (χ1v) is 6.71. The maximum absolute atomic E-state index is 12.0. The van der Waals surface area contributed by atoms with Crippen LogP contribution >= 0.6 is 0 Å². The van der Waals surface area contributed by atoms with E-state index in [0.29, 0.717) is 13.1 Å². The van der Waals surface area contributed by atoms with Gasteiger partial charge in [-0.2, -0.15) is 0 Å². The number of amides is 1. The molecule has 2 unspecified atom stereocenters. The van der Waals surface area contributed by atoms with Crippen molar-refractivity contribution in [1.29, 1.82) is 0 Å². The molecule has 0 spiro atoms. The Morgan fingerprint density at radius 3 is 2.42 bits per heavy atom. The summed E-state index contributed by atoms with van der Waals surface area (Å²) in [4.78, 5) is 24.9. The molecule has 0 bridgehead atoms. The summed E-state index contributed by atoms with van der Waals surface area (Å²) in [6.07, 6.45) is 2.25. The molecule has 1 fully saturated rings. The monoisotopic (exact) mass is 271 g/mol. The molecule has 1 aliphatic heterocycles. The van der Waals surface area contributed by atoms with E-state index in [1.54, 1.807) is 11.8 Å². The highest BCUT2D eigenvalue weighted by molar-refractivity contribution is 5.69. The van der Waals surface area contributed by atoms with Crippen LogP contribution < -0.4 is 0 Å². The number of piperidine rings is 1. The number of likely N-dealkylation sites (tertiary alicyclic amines) is 1. The molecule has 0 radical (unpaired) electrons. The Labute approximate surface area is 115 Å². The van der Waals surface area contributed by atoms with Crippen LogP contribution in [0.1, 0.15) is 40.5 Å². The van der Waals surface area contributed by atoms with Crippen molar-refractivity contribution in [3.8, 4) is 0 Å². The molecule has 5 nitrogen and oxygen atoms in total. The van der Waals surface area contributed by atoms with Gasteiger partial charge in [0.15, 0.2) is 6.29 Å². The molecule has 1 amide bonds. The van der Waals surface area contributed by atoms with Crippen molar-refractivity contribution < 1.29 is 19.1 Å². The van der Waals surface area contributed by atoms with Crippen LogP contribution in [-0.4, -0.2) is 48.7 Å². The van der Waals surface area contributed by atoms with Crippen LogP contribution in [0.15, 0.2) is 0 Å². The molecule has 19 heavy (non-hydrogen) atoms. The van der Waals surface area contributed by atoms with E-state index in [4.69, 9.17) is 9.47 Å². The van der Waals surface area contributed by atoms with Gasteiger partial charge in [-0.05, 0) is 40.5 Å². The van der Waals surface area contributed by atoms with Gasteiger partial charge >= 0.3 is 6.09 Å². The van der Waals surface area contributed by atoms with Crippen LogP contribution in [0.2, 0.25) is 0 Å². The van der Waals surface area contributed by atoms with Crippen molar-refractivity contribution in [2.45, 2.75) is 51.7 Å². The number of hydrogen-bond acceptors (Lipinski definition) is 4. The molecule has 0 aromatic carbocycles. The molecule has 110 valence electrons. The molecule has 1 heterocycles. The van der Waals surface area contributed by atoms with Crippen LogP contribution in [0.5, 0.6) is 0 Å². The van der Waals surface area contributed by atoms with Gasteiger partial charge in [0.1, 0.15) is 11.2 Å². The molecule has 2 atom stereocenters. The summed E-state index contributed by atoms with van der Waals surface area (Å²) >= 11 is 0. The standard InChI is InChI=1S/C14H25NO4/c1-13(2,3)19-12(17)15-8-6-7-11(9-15)14(4,10-16)18-5/h10-11H,6-9H2,1-5H3. The second-order valence-electron chi connectivity index (χ2n) is 6.27. The van der Waals surface area contributed by atoms with Crippen molar-refractivity contribution in [3.63, 3.8) is 0 Å². The summed E-state index contributed by atoms with van der Waals surface area (Å²) in [5.41, 5.74) is -1.33. The summed E-state index contributed by atoms with van der Waals surface area (Å²) in [6, 6.07) is 0. The lowest BCUT2D eigenvalue weighted by Gasteiger charge is -2.39. The van der Waals surface area contributed by atoms with E-state index in [1.807, 2.05) is 20.8 Å². The van der Waals surface area contributed by atoms with Crippen molar-refractivity contribution in [2.75, 3.05) is 20.2 Å². The third-order valence-electron chi connectivity index (χ3n) is 3.56. The molecule has 1 aliphatic rings. The Bertz CT molecular complexity index is 337. The number of rotatable bonds is 3. The van der Waals surface area contributed by atoms with Crippen LogP contribution in [0.3, 0.4) is 0 Å². The van der Waals surface area contributed by atoms with Crippen molar-refractivity contribution >= 4 is 12.4 Å². The SMILES string of the molecule is COC(C)(C=O)C1CCCN(C(=O)OC(C)(C)C)C1. The number of nitrogens with zero attached hydrogens (tertiary/aromatic N) is 1. The molecule has 5 heteroatoms. The first kappa shape index (κ1) is 16.0. The molecule has 0 saturated carbocycles. The van der Waals surface area contributed by atoms with Crippen LogP contribution in [0.25, 0.3) is 0 Å². The van der Waals surface area contributed by atoms with Gasteiger partial charge in [0.25, 0.3) is 0 Å². The number of ether oxygens (including phenoxy) is 2. The molecule has 0 aromatic rings. The Morgan fingerprint density at radius 1 is 1.32 bits per heavy atom. The van der Waals surface area contributed by atoms with Gasteiger partial charge in [-0.3, -0.25) is 0 Å². The largest absolute Gasteiger partial charge is 0.444 e. The highest BCUT2D eigenvalue weighted by Crippen LogP contribution is 2.29. The fourth-order valence-electron chi connectivity index (χ4n) is 2.25. The first-order valence-electron chi connectivity index (χ1n) is 6.71. The number of carbonyl (C=O) groups is 2. The molecule has 0 aliphatic carbocycles. The fourth-order valence-corrected chi connectivity index (χ4v) is 2.25. The molecular weight excluding hydrogens is 246 g/mol. The maximum Gasteiger partial charge on any atom is 0.410 e. The average molecular weight is 271 g/mol. The molecule has 0 aromatic heterocycles. The number of aldehydes is 1. The van der Waals surface area contributed by atoms with Crippen LogP contribution in [0, 0.1) is 5.92 Å². The van der Waals surface area contributed by atoms with Gasteiger partial charge in [-0.1, -0.05) is 0 Å². The van der Waals surface area contributed by atoms with Crippen molar-refractivity contribution in [2.24, 2.45) is 5.92 Å². The predicted molar refractivity (Wildman–Crippen MR) is 72.0 cm³/mol. The van der Waals surface area contributed by atoms with E-state index in [0.717, 1.165) is 19.1 Å². The summed E-state index contributed by atoms with van der Waals surface area (Å²) in [5.74, 6) is 0.0104. The molecule has 0 N–H and O–H groups in total. The fraction of sp³-hybridized carbons (Fsp3) is 0.857. The van der Waals surface area contributed by atoms with Crippen molar-refractivity contribution in [3.05, 3.63) is 0 Å². The maximum atomic E-state index is 12.0. The lowest BCUT2D eigenvalue weighted by atomic mass is 9.83. The zero-order valence-corrected chi connectivity index (χ0v) is 12.6. The summed E-state index contributed by atoms with van der Waals surface area (Å²) in [7, 11) is 1.53. The summed E-state index contributed by atoms with van der Waals surface area (Å²) < 4.78 is 10.7. The summed E-state index contributed by atoms with van der Waals surface area (Å²) in [6.45, 7) is 8.47. The highest BCUT2D eigenvalue weighted by atomic mass is 16.6. The first-order chi connectivity index (χ1) is 8.72. The normalized spacial score (nSPS) is 23.6. The third kappa shape index (κ3) is 4.20. The zero-order valence-electron chi connectivity index (χ0n) is 12.6.